The number of hydrogen-bond acceptors (Lipinski definition) is 3. The van der Waals surface area contributed by atoms with Crippen LogP contribution in [0.2, 0.25) is 0 Å². The number of aromatic nitrogens is 1. The van der Waals surface area contributed by atoms with Gasteiger partial charge in [0.15, 0.2) is 12.0 Å². The molecule has 1 heterocycles. The van der Waals surface area contributed by atoms with Gasteiger partial charge in [-0.1, -0.05) is 0 Å². The molecule has 0 N–H and O–H groups in total. The summed E-state index contributed by atoms with van der Waals surface area (Å²) in [7, 11) is 0. The predicted molar refractivity (Wildman–Crippen MR) is 38.8 cm³/mol. The Balaban J connectivity index is 2.30. The molecule has 0 aliphatic heterocycles. The summed E-state index contributed by atoms with van der Waals surface area (Å²) in [5.74, 6) is -0.00785. The van der Waals surface area contributed by atoms with Gasteiger partial charge in [-0.25, -0.2) is 13.8 Å². The summed E-state index contributed by atoms with van der Waals surface area (Å²) in [5.41, 5.74) is -1.21. The normalized spacial score (nSPS) is 19.0. The first-order chi connectivity index (χ1) is 6.19. The van der Waals surface area contributed by atoms with Crippen LogP contribution in [0, 0.1) is 0 Å². The second-order valence-electron chi connectivity index (χ2n) is 3.14. The molecule has 0 radical (unpaired) electrons. The number of carbonyl (C=O) groups is 1. The third-order valence-corrected chi connectivity index (χ3v) is 2.27. The summed E-state index contributed by atoms with van der Waals surface area (Å²) >= 11 is 0. The van der Waals surface area contributed by atoms with E-state index in [1.54, 1.807) is 0 Å². The van der Waals surface area contributed by atoms with Crippen molar-refractivity contribution in [3.8, 4) is 0 Å². The lowest BCUT2D eigenvalue weighted by molar-refractivity contribution is 0.0866. The average molecular weight is 187 g/mol. The second kappa shape index (κ2) is 2.61. The fourth-order valence-corrected chi connectivity index (χ4v) is 1.23. The van der Waals surface area contributed by atoms with Crippen molar-refractivity contribution in [3.63, 3.8) is 0 Å². The zero-order valence-corrected chi connectivity index (χ0v) is 6.67. The quantitative estimate of drug-likeness (QED) is 0.677. The Bertz CT molecular complexity index is 331. The number of alkyl halides is 2. The number of hydrogen-bond donors (Lipinski definition) is 0. The first kappa shape index (κ1) is 8.34. The molecule has 0 unspecified atom stereocenters. The van der Waals surface area contributed by atoms with Gasteiger partial charge in [-0.2, -0.15) is 0 Å². The largest absolute Gasteiger partial charge is 0.437 e. The van der Waals surface area contributed by atoms with Crippen LogP contribution in [0.3, 0.4) is 0 Å². The Morgan fingerprint density at radius 2 is 2.31 bits per heavy atom. The summed E-state index contributed by atoms with van der Waals surface area (Å²) in [6.45, 7) is 0. The van der Waals surface area contributed by atoms with Gasteiger partial charge in [0.05, 0.1) is 6.20 Å². The van der Waals surface area contributed by atoms with Crippen LogP contribution in [0.1, 0.15) is 29.3 Å². The first-order valence-electron chi connectivity index (χ1n) is 3.89. The van der Waals surface area contributed by atoms with Crippen LogP contribution in [0.15, 0.2) is 10.6 Å². The van der Waals surface area contributed by atoms with E-state index in [4.69, 9.17) is 4.42 Å². The molecule has 0 bridgehead atoms. The van der Waals surface area contributed by atoms with Gasteiger partial charge >= 0.3 is 0 Å². The maximum Gasteiger partial charge on any atom is 0.252 e. The number of nitrogens with zero attached hydrogens (tertiary/aromatic N) is 1. The topological polar surface area (TPSA) is 43.1 Å². The molecule has 2 rings (SSSR count). The number of aldehydes is 1. The molecule has 1 aliphatic rings. The van der Waals surface area contributed by atoms with E-state index in [0.717, 1.165) is 0 Å². The molecule has 1 saturated carbocycles. The van der Waals surface area contributed by atoms with Crippen molar-refractivity contribution in [2.75, 3.05) is 0 Å². The van der Waals surface area contributed by atoms with Crippen LogP contribution in [-0.4, -0.2) is 17.7 Å². The highest BCUT2D eigenvalue weighted by atomic mass is 19.3. The van der Waals surface area contributed by atoms with E-state index in [-0.39, 0.29) is 11.7 Å². The second-order valence-corrected chi connectivity index (χ2v) is 3.14. The molecule has 0 spiro atoms. The molecule has 1 aromatic rings. The Hall–Kier alpha value is -1.26. The van der Waals surface area contributed by atoms with Crippen LogP contribution in [0.4, 0.5) is 8.78 Å². The molecule has 1 fully saturated rings. The maximum atomic E-state index is 12.5. The minimum absolute atomic E-state index is 0.00178. The molecule has 0 atom stereocenters. The summed E-state index contributed by atoms with van der Waals surface area (Å²) in [5, 5.41) is 0. The zero-order valence-electron chi connectivity index (χ0n) is 6.67. The lowest BCUT2D eigenvalue weighted by Crippen LogP contribution is -2.17. The van der Waals surface area contributed by atoms with Crippen molar-refractivity contribution in [3.05, 3.63) is 17.8 Å². The predicted octanol–water partition coefficient (Wildman–Crippen LogP) is 1.78. The van der Waals surface area contributed by atoms with Crippen molar-refractivity contribution in [1.29, 1.82) is 0 Å². The van der Waals surface area contributed by atoms with Gasteiger partial charge in [-0.3, -0.25) is 4.79 Å². The summed E-state index contributed by atoms with van der Waals surface area (Å²) in [4.78, 5) is 13.9. The number of oxazole rings is 1. The SMILES string of the molecule is O=Cc1cnc(C2(C(F)F)CC2)o1. The van der Waals surface area contributed by atoms with Crippen LogP contribution < -0.4 is 0 Å². The van der Waals surface area contributed by atoms with E-state index in [1.807, 2.05) is 0 Å². The lowest BCUT2D eigenvalue weighted by Gasteiger charge is -2.07. The van der Waals surface area contributed by atoms with E-state index in [2.05, 4.69) is 4.98 Å². The van der Waals surface area contributed by atoms with E-state index < -0.39 is 11.8 Å². The van der Waals surface area contributed by atoms with Crippen molar-refractivity contribution in [2.24, 2.45) is 0 Å². The van der Waals surface area contributed by atoms with E-state index in [0.29, 0.717) is 19.1 Å². The number of carbonyl (C=O) groups excluding carboxylic acids is 1. The average Bonchev–Trinajstić information content (AvgIpc) is 2.79. The molecule has 70 valence electrons. The van der Waals surface area contributed by atoms with E-state index >= 15 is 0 Å². The van der Waals surface area contributed by atoms with Crippen molar-refractivity contribution >= 4 is 6.29 Å². The Labute approximate surface area is 72.8 Å². The molecule has 1 aromatic heterocycles. The van der Waals surface area contributed by atoms with Gasteiger partial charge in [0, 0.05) is 0 Å². The van der Waals surface area contributed by atoms with Crippen LogP contribution in [0.5, 0.6) is 0 Å². The highest BCUT2D eigenvalue weighted by molar-refractivity contribution is 5.69. The lowest BCUT2D eigenvalue weighted by atomic mass is 10.1. The van der Waals surface area contributed by atoms with Gasteiger partial charge in [0.25, 0.3) is 6.43 Å². The molecular weight excluding hydrogens is 180 g/mol. The van der Waals surface area contributed by atoms with Crippen LogP contribution >= 0.6 is 0 Å². The summed E-state index contributed by atoms with van der Waals surface area (Å²) in [6, 6.07) is 0. The Morgan fingerprint density at radius 3 is 2.69 bits per heavy atom. The standard InChI is InChI=1S/C8H7F2NO2/c9-6(10)8(1-2-8)7-11-3-5(4-12)13-7/h3-4,6H,1-2H2. The van der Waals surface area contributed by atoms with Gasteiger partial charge < -0.3 is 4.42 Å². The fourth-order valence-electron chi connectivity index (χ4n) is 1.23. The highest BCUT2D eigenvalue weighted by Gasteiger charge is 2.56. The van der Waals surface area contributed by atoms with Gasteiger partial charge in [0.1, 0.15) is 5.41 Å². The number of rotatable bonds is 3. The molecule has 5 heteroatoms. The Morgan fingerprint density at radius 1 is 1.62 bits per heavy atom. The smallest absolute Gasteiger partial charge is 0.252 e. The third kappa shape index (κ3) is 1.15. The Kier molecular flexibility index (Phi) is 1.68. The molecule has 0 saturated heterocycles. The van der Waals surface area contributed by atoms with Crippen LogP contribution in [0.25, 0.3) is 0 Å². The molecular formula is C8H7F2NO2. The molecule has 13 heavy (non-hydrogen) atoms. The van der Waals surface area contributed by atoms with Gasteiger partial charge in [0.2, 0.25) is 5.89 Å². The highest BCUT2D eigenvalue weighted by Crippen LogP contribution is 2.52. The molecule has 3 nitrogen and oxygen atoms in total. The van der Waals surface area contributed by atoms with Crippen LogP contribution in [-0.2, 0) is 5.41 Å². The first-order valence-corrected chi connectivity index (χ1v) is 3.89. The number of halogens is 2. The van der Waals surface area contributed by atoms with Crippen molar-refractivity contribution in [1.82, 2.24) is 4.98 Å². The molecule has 0 aromatic carbocycles. The summed E-state index contributed by atoms with van der Waals surface area (Å²) < 4.78 is 29.8. The fraction of sp³-hybridized carbons (Fsp3) is 0.500. The van der Waals surface area contributed by atoms with Gasteiger partial charge in [-0.15, -0.1) is 0 Å². The monoisotopic (exact) mass is 187 g/mol. The van der Waals surface area contributed by atoms with E-state index in [1.165, 1.54) is 6.20 Å². The maximum absolute atomic E-state index is 12.5. The zero-order chi connectivity index (χ0) is 9.47. The van der Waals surface area contributed by atoms with Gasteiger partial charge in [-0.05, 0) is 12.8 Å². The van der Waals surface area contributed by atoms with E-state index in [9.17, 15) is 13.6 Å². The van der Waals surface area contributed by atoms with Crippen molar-refractivity contribution in [2.45, 2.75) is 24.7 Å². The molecule has 1 aliphatic carbocycles. The minimum Gasteiger partial charge on any atom is -0.437 e. The third-order valence-electron chi connectivity index (χ3n) is 2.27. The molecule has 0 amide bonds. The summed E-state index contributed by atoms with van der Waals surface area (Å²) in [6.07, 6.45) is -0.0823. The van der Waals surface area contributed by atoms with Crippen molar-refractivity contribution < 1.29 is 18.0 Å². The minimum atomic E-state index is -2.47.